The first-order valence-electron chi connectivity index (χ1n) is 5.27. The molecule has 84 valence electrons. The third-order valence-electron chi connectivity index (χ3n) is 2.88. The molecule has 2 heterocycles. The zero-order valence-corrected chi connectivity index (χ0v) is 8.69. The van der Waals surface area contributed by atoms with Crippen molar-refractivity contribution in [3.63, 3.8) is 0 Å². The average molecular weight is 221 g/mol. The van der Waals surface area contributed by atoms with Crippen molar-refractivity contribution in [3.05, 3.63) is 29.7 Å². The highest BCUT2D eigenvalue weighted by Crippen LogP contribution is 2.29. The van der Waals surface area contributed by atoms with E-state index in [-0.39, 0.29) is 11.9 Å². The molecule has 2 aromatic rings. The first-order valence-corrected chi connectivity index (χ1v) is 5.27. The minimum Gasteiger partial charge on any atom is -0.369 e. The van der Waals surface area contributed by atoms with Crippen LogP contribution in [-0.2, 0) is 11.3 Å². The van der Waals surface area contributed by atoms with E-state index in [0.717, 1.165) is 16.6 Å². The fourth-order valence-electron chi connectivity index (χ4n) is 2.17. The Labute approximate surface area is 91.8 Å². The number of aromatic nitrogens is 2. The molecule has 1 aromatic carbocycles. The molecule has 1 unspecified atom stereocenters. The summed E-state index contributed by atoms with van der Waals surface area (Å²) in [5.41, 5.74) is 7.33. The summed E-state index contributed by atoms with van der Waals surface area (Å²) in [6.45, 7) is 1.69. The zero-order valence-electron chi connectivity index (χ0n) is 8.69. The van der Waals surface area contributed by atoms with Gasteiger partial charge in [0, 0.05) is 11.9 Å². The fourth-order valence-corrected chi connectivity index (χ4v) is 2.17. The SMILES string of the molecule is NCC1OCCn2nc3ccc(F)cc3c21. The van der Waals surface area contributed by atoms with E-state index < -0.39 is 0 Å². The molecule has 1 atom stereocenters. The highest BCUT2D eigenvalue weighted by atomic mass is 19.1. The Morgan fingerprint density at radius 2 is 2.44 bits per heavy atom. The van der Waals surface area contributed by atoms with Crippen molar-refractivity contribution in [2.45, 2.75) is 12.6 Å². The summed E-state index contributed by atoms with van der Waals surface area (Å²) in [4.78, 5) is 0. The topological polar surface area (TPSA) is 53.1 Å². The minimum atomic E-state index is -0.260. The van der Waals surface area contributed by atoms with Crippen LogP contribution in [0.15, 0.2) is 18.2 Å². The molecule has 1 aliphatic rings. The van der Waals surface area contributed by atoms with E-state index in [9.17, 15) is 4.39 Å². The number of nitrogens with zero attached hydrogens (tertiary/aromatic N) is 2. The molecule has 1 aliphatic heterocycles. The van der Waals surface area contributed by atoms with E-state index in [1.807, 2.05) is 4.68 Å². The number of ether oxygens (including phenoxy) is 1. The largest absolute Gasteiger partial charge is 0.369 e. The summed E-state index contributed by atoms with van der Waals surface area (Å²) in [7, 11) is 0. The Kier molecular flexibility index (Phi) is 2.15. The molecule has 0 amide bonds. The number of nitrogens with two attached hydrogens (primary N) is 1. The van der Waals surface area contributed by atoms with Crippen molar-refractivity contribution in [1.29, 1.82) is 0 Å². The maximum absolute atomic E-state index is 13.2. The van der Waals surface area contributed by atoms with Gasteiger partial charge < -0.3 is 10.5 Å². The summed E-state index contributed by atoms with van der Waals surface area (Å²) >= 11 is 0. The second-order valence-corrected chi connectivity index (χ2v) is 3.86. The fraction of sp³-hybridized carbons (Fsp3) is 0.364. The lowest BCUT2D eigenvalue weighted by molar-refractivity contribution is 0.0236. The lowest BCUT2D eigenvalue weighted by atomic mass is 10.1. The summed E-state index contributed by atoms with van der Waals surface area (Å²) in [6.07, 6.45) is -0.180. The predicted octanol–water partition coefficient (Wildman–Crippen LogP) is 1.21. The molecule has 5 heteroatoms. The number of halogens is 1. The van der Waals surface area contributed by atoms with Crippen molar-refractivity contribution < 1.29 is 9.13 Å². The van der Waals surface area contributed by atoms with Gasteiger partial charge in [0.25, 0.3) is 0 Å². The zero-order chi connectivity index (χ0) is 11.1. The van der Waals surface area contributed by atoms with Gasteiger partial charge in [0.05, 0.1) is 24.4 Å². The van der Waals surface area contributed by atoms with E-state index in [2.05, 4.69) is 5.10 Å². The van der Waals surface area contributed by atoms with E-state index in [0.29, 0.717) is 19.7 Å². The minimum absolute atomic E-state index is 0.180. The Bertz CT molecular complexity index is 537. The molecular formula is C11H12FN3O. The molecule has 0 aliphatic carbocycles. The van der Waals surface area contributed by atoms with Gasteiger partial charge in [-0.1, -0.05) is 0 Å². The molecule has 1 aromatic heterocycles. The Hall–Kier alpha value is -1.46. The number of benzene rings is 1. The van der Waals surface area contributed by atoms with Crippen LogP contribution in [-0.4, -0.2) is 22.9 Å². The molecule has 3 rings (SSSR count). The number of rotatable bonds is 1. The van der Waals surface area contributed by atoms with E-state index in [1.54, 1.807) is 6.07 Å². The molecule has 0 radical (unpaired) electrons. The average Bonchev–Trinajstić information content (AvgIpc) is 2.66. The van der Waals surface area contributed by atoms with E-state index >= 15 is 0 Å². The molecular weight excluding hydrogens is 209 g/mol. The second kappa shape index (κ2) is 3.54. The third kappa shape index (κ3) is 1.32. The molecule has 16 heavy (non-hydrogen) atoms. The van der Waals surface area contributed by atoms with Crippen molar-refractivity contribution in [3.8, 4) is 0 Å². The molecule has 4 nitrogen and oxygen atoms in total. The van der Waals surface area contributed by atoms with Crippen LogP contribution in [0.4, 0.5) is 4.39 Å². The first kappa shape index (κ1) is 9.74. The second-order valence-electron chi connectivity index (χ2n) is 3.86. The van der Waals surface area contributed by atoms with Crippen molar-refractivity contribution >= 4 is 10.9 Å². The van der Waals surface area contributed by atoms with Gasteiger partial charge in [-0.15, -0.1) is 0 Å². The smallest absolute Gasteiger partial charge is 0.124 e. The highest BCUT2D eigenvalue weighted by molar-refractivity contribution is 5.82. The molecule has 0 bridgehead atoms. The number of hydrogen-bond acceptors (Lipinski definition) is 3. The van der Waals surface area contributed by atoms with Crippen molar-refractivity contribution in [1.82, 2.24) is 9.78 Å². The summed E-state index contributed by atoms with van der Waals surface area (Å²) in [5, 5.41) is 5.21. The Morgan fingerprint density at radius 3 is 3.25 bits per heavy atom. The molecule has 0 spiro atoms. The lowest BCUT2D eigenvalue weighted by Gasteiger charge is -2.23. The van der Waals surface area contributed by atoms with Gasteiger partial charge in [0.2, 0.25) is 0 Å². The van der Waals surface area contributed by atoms with Crippen LogP contribution >= 0.6 is 0 Å². The summed E-state index contributed by atoms with van der Waals surface area (Å²) in [6, 6.07) is 4.59. The van der Waals surface area contributed by atoms with Crippen LogP contribution in [0.2, 0.25) is 0 Å². The molecule has 0 saturated heterocycles. The van der Waals surface area contributed by atoms with Crippen LogP contribution in [0, 0.1) is 5.82 Å². The number of fused-ring (bicyclic) bond motifs is 3. The lowest BCUT2D eigenvalue weighted by Crippen LogP contribution is -2.27. The summed E-state index contributed by atoms with van der Waals surface area (Å²) in [5.74, 6) is -0.260. The van der Waals surface area contributed by atoms with E-state index in [1.165, 1.54) is 12.1 Å². The van der Waals surface area contributed by atoms with Crippen LogP contribution < -0.4 is 5.73 Å². The van der Waals surface area contributed by atoms with Gasteiger partial charge in [-0.3, -0.25) is 4.68 Å². The van der Waals surface area contributed by atoms with Crippen LogP contribution in [0.1, 0.15) is 11.8 Å². The van der Waals surface area contributed by atoms with Crippen LogP contribution in [0.5, 0.6) is 0 Å². The van der Waals surface area contributed by atoms with Crippen molar-refractivity contribution in [2.75, 3.05) is 13.2 Å². The highest BCUT2D eigenvalue weighted by Gasteiger charge is 2.24. The Morgan fingerprint density at radius 1 is 1.56 bits per heavy atom. The van der Waals surface area contributed by atoms with Crippen molar-refractivity contribution in [2.24, 2.45) is 5.73 Å². The van der Waals surface area contributed by atoms with Gasteiger partial charge in [0.1, 0.15) is 11.9 Å². The van der Waals surface area contributed by atoms with Gasteiger partial charge in [-0.2, -0.15) is 5.10 Å². The van der Waals surface area contributed by atoms with Crippen LogP contribution in [0.3, 0.4) is 0 Å². The molecule has 2 N–H and O–H groups in total. The third-order valence-corrected chi connectivity index (χ3v) is 2.88. The predicted molar refractivity (Wildman–Crippen MR) is 57.4 cm³/mol. The first-order chi connectivity index (χ1) is 7.79. The van der Waals surface area contributed by atoms with Gasteiger partial charge >= 0.3 is 0 Å². The van der Waals surface area contributed by atoms with E-state index in [4.69, 9.17) is 10.5 Å². The van der Waals surface area contributed by atoms with Gasteiger partial charge in [-0.05, 0) is 18.2 Å². The normalized spacial score (nSPS) is 20.0. The standard InChI is InChI=1S/C11H12FN3O/c12-7-1-2-9-8(5-7)11-10(6-13)16-4-3-15(11)14-9/h1-2,5,10H,3-4,6,13H2. The maximum Gasteiger partial charge on any atom is 0.124 e. The van der Waals surface area contributed by atoms with Gasteiger partial charge in [0.15, 0.2) is 0 Å². The molecule has 0 fully saturated rings. The quantitative estimate of drug-likeness (QED) is 0.787. The maximum atomic E-state index is 13.2. The molecule has 0 saturated carbocycles. The van der Waals surface area contributed by atoms with Crippen LogP contribution in [0.25, 0.3) is 10.9 Å². The Balaban J connectivity index is 2.27. The monoisotopic (exact) mass is 221 g/mol. The number of hydrogen-bond donors (Lipinski definition) is 1. The van der Waals surface area contributed by atoms with Gasteiger partial charge in [-0.25, -0.2) is 4.39 Å². The summed E-state index contributed by atoms with van der Waals surface area (Å²) < 4.78 is 20.6.